The van der Waals surface area contributed by atoms with E-state index in [4.69, 9.17) is 5.73 Å². The van der Waals surface area contributed by atoms with E-state index in [1.165, 1.54) is 12.1 Å². The number of aryl methyl sites for hydroxylation is 1. The summed E-state index contributed by atoms with van der Waals surface area (Å²) in [6, 6.07) is 11.2. The van der Waals surface area contributed by atoms with Crippen LogP contribution in [0.5, 0.6) is 0 Å². The molecule has 0 aliphatic heterocycles. The predicted octanol–water partition coefficient (Wildman–Crippen LogP) is 3.52. The third-order valence-corrected chi connectivity index (χ3v) is 2.84. The van der Waals surface area contributed by atoms with Crippen LogP contribution in [0.4, 0.5) is 8.78 Å². The molecule has 0 aromatic heterocycles. The van der Waals surface area contributed by atoms with Crippen molar-refractivity contribution in [3.8, 4) is 11.1 Å². The van der Waals surface area contributed by atoms with Gasteiger partial charge in [0.25, 0.3) is 0 Å². The van der Waals surface area contributed by atoms with Gasteiger partial charge in [0.2, 0.25) is 0 Å². The normalized spacial score (nSPS) is 10.6. The highest BCUT2D eigenvalue weighted by Gasteiger charge is 2.06. The third-order valence-electron chi connectivity index (χ3n) is 2.84. The molecule has 0 saturated carbocycles. The van der Waals surface area contributed by atoms with Crippen molar-refractivity contribution in [2.24, 2.45) is 5.73 Å². The molecule has 0 fully saturated rings. The lowest BCUT2D eigenvalue weighted by atomic mass is 10.0. The SMILES string of the molecule is NCCCc1cccc(-c2ccc(F)cc2F)c1. The molecular formula is C15H15F2N. The van der Waals surface area contributed by atoms with E-state index in [9.17, 15) is 8.78 Å². The summed E-state index contributed by atoms with van der Waals surface area (Å²) >= 11 is 0. The molecule has 2 N–H and O–H groups in total. The average molecular weight is 247 g/mol. The molecule has 0 saturated heterocycles. The van der Waals surface area contributed by atoms with Gasteiger partial charge in [0.15, 0.2) is 0 Å². The first-order valence-corrected chi connectivity index (χ1v) is 5.95. The van der Waals surface area contributed by atoms with Crippen LogP contribution in [0.15, 0.2) is 42.5 Å². The molecule has 1 nitrogen and oxygen atoms in total. The fourth-order valence-electron chi connectivity index (χ4n) is 1.92. The molecule has 0 aliphatic carbocycles. The molecule has 18 heavy (non-hydrogen) atoms. The van der Waals surface area contributed by atoms with Gasteiger partial charge >= 0.3 is 0 Å². The minimum atomic E-state index is -0.560. The van der Waals surface area contributed by atoms with Crippen LogP contribution in [0.25, 0.3) is 11.1 Å². The number of hydrogen-bond acceptors (Lipinski definition) is 1. The van der Waals surface area contributed by atoms with Gasteiger partial charge < -0.3 is 5.73 Å². The molecule has 0 amide bonds. The van der Waals surface area contributed by atoms with E-state index < -0.39 is 11.6 Å². The van der Waals surface area contributed by atoms with Crippen molar-refractivity contribution in [1.29, 1.82) is 0 Å². The number of nitrogens with two attached hydrogens (primary N) is 1. The van der Waals surface area contributed by atoms with Crippen molar-refractivity contribution < 1.29 is 8.78 Å². The van der Waals surface area contributed by atoms with Gasteiger partial charge in [-0.3, -0.25) is 0 Å². The Kier molecular flexibility index (Phi) is 4.05. The Labute approximate surface area is 105 Å². The fraction of sp³-hybridized carbons (Fsp3) is 0.200. The lowest BCUT2D eigenvalue weighted by Crippen LogP contribution is -2.00. The Bertz CT molecular complexity index is 538. The van der Waals surface area contributed by atoms with Gasteiger partial charge in [-0.15, -0.1) is 0 Å². The monoisotopic (exact) mass is 247 g/mol. The van der Waals surface area contributed by atoms with Crippen molar-refractivity contribution >= 4 is 0 Å². The highest BCUT2D eigenvalue weighted by atomic mass is 19.1. The first kappa shape index (κ1) is 12.7. The summed E-state index contributed by atoms with van der Waals surface area (Å²) in [5.41, 5.74) is 7.77. The maximum atomic E-state index is 13.7. The lowest BCUT2D eigenvalue weighted by molar-refractivity contribution is 0.585. The van der Waals surface area contributed by atoms with Gasteiger partial charge in [0.1, 0.15) is 11.6 Å². The molecule has 0 spiro atoms. The Balaban J connectivity index is 2.32. The van der Waals surface area contributed by atoms with Crippen molar-refractivity contribution in [3.05, 3.63) is 59.7 Å². The highest BCUT2D eigenvalue weighted by Crippen LogP contribution is 2.24. The zero-order valence-corrected chi connectivity index (χ0v) is 10.00. The van der Waals surface area contributed by atoms with E-state index in [0.29, 0.717) is 12.1 Å². The van der Waals surface area contributed by atoms with Crippen LogP contribution >= 0.6 is 0 Å². The Morgan fingerprint density at radius 1 is 1.00 bits per heavy atom. The predicted molar refractivity (Wildman–Crippen MR) is 69.2 cm³/mol. The molecule has 2 aromatic carbocycles. The average Bonchev–Trinajstić information content (AvgIpc) is 2.36. The smallest absolute Gasteiger partial charge is 0.133 e. The first-order valence-electron chi connectivity index (χ1n) is 5.95. The third kappa shape index (κ3) is 2.93. The highest BCUT2D eigenvalue weighted by molar-refractivity contribution is 5.64. The molecule has 0 bridgehead atoms. The van der Waals surface area contributed by atoms with Crippen LogP contribution in [0, 0.1) is 11.6 Å². The maximum Gasteiger partial charge on any atom is 0.133 e. The molecule has 2 aromatic rings. The van der Waals surface area contributed by atoms with Crippen molar-refractivity contribution in [2.45, 2.75) is 12.8 Å². The van der Waals surface area contributed by atoms with E-state index in [0.717, 1.165) is 30.0 Å². The topological polar surface area (TPSA) is 26.0 Å². The van der Waals surface area contributed by atoms with Gasteiger partial charge in [0.05, 0.1) is 0 Å². The minimum Gasteiger partial charge on any atom is -0.330 e. The zero-order valence-electron chi connectivity index (χ0n) is 10.00. The summed E-state index contributed by atoms with van der Waals surface area (Å²) in [5.74, 6) is -1.10. The van der Waals surface area contributed by atoms with Crippen LogP contribution in [-0.4, -0.2) is 6.54 Å². The lowest BCUT2D eigenvalue weighted by Gasteiger charge is -2.06. The fourth-order valence-corrected chi connectivity index (χ4v) is 1.92. The van der Waals surface area contributed by atoms with Crippen LogP contribution in [-0.2, 0) is 6.42 Å². The summed E-state index contributed by atoms with van der Waals surface area (Å²) in [4.78, 5) is 0. The molecule has 0 heterocycles. The van der Waals surface area contributed by atoms with Crippen LogP contribution in [0.2, 0.25) is 0 Å². The molecule has 2 rings (SSSR count). The molecule has 0 unspecified atom stereocenters. The summed E-state index contributed by atoms with van der Waals surface area (Å²) in [7, 11) is 0. The van der Waals surface area contributed by atoms with E-state index >= 15 is 0 Å². The maximum absolute atomic E-state index is 13.7. The minimum absolute atomic E-state index is 0.422. The second-order valence-electron chi connectivity index (χ2n) is 4.22. The zero-order chi connectivity index (χ0) is 13.0. The van der Waals surface area contributed by atoms with Crippen molar-refractivity contribution in [2.75, 3.05) is 6.54 Å². The summed E-state index contributed by atoms with van der Waals surface area (Å²) in [6.45, 7) is 0.634. The van der Waals surface area contributed by atoms with Crippen molar-refractivity contribution in [3.63, 3.8) is 0 Å². The van der Waals surface area contributed by atoms with Gasteiger partial charge in [-0.2, -0.15) is 0 Å². The number of rotatable bonds is 4. The molecule has 94 valence electrons. The van der Waals surface area contributed by atoms with Crippen LogP contribution < -0.4 is 5.73 Å². The van der Waals surface area contributed by atoms with Crippen molar-refractivity contribution in [1.82, 2.24) is 0 Å². The van der Waals surface area contributed by atoms with E-state index in [1.54, 1.807) is 0 Å². The van der Waals surface area contributed by atoms with E-state index in [-0.39, 0.29) is 0 Å². The van der Waals surface area contributed by atoms with Gasteiger partial charge in [-0.1, -0.05) is 24.3 Å². The second kappa shape index (κ2) is 5.74. The van der Waals surface area contributed by atoms with Crippen LogP contribution in [0.3, 0.4) is 0 Å². The van der Waals surface area contributed by atoms with Gasteiger partial charge in [0, 0.05) is 11.6 Å². The molecule has 3 heteroatoms. The van der Waals surface area contributed by atoms with E-state index in [1.807, 2.05) is 24.3 Å². The second-order valence-corrected chi connectivity index (χ2v) is 4.22. The summed E-state index contributed by atoms with van der Waals surface area (Å²) in [6.07, 6.45) is 1.77. The Hall–Kier alpha value is -1.74. The van der Waals surface area contributed by atoms with Gasteiger partial charge in [-0.25, -0.2) is 8.78 Å². The number of halogens is 2. The van der Waals surface area contributed by atoms with E-state index in [2.05, 4.69) is 0 Å². The summed E-state index contributed by atoms with van der Waals surface area (Å²) < 4.78 is 26.5. The Morgan fingerprint density at radius 2 is 1.83 bits per heavy atom. The summed E-state index contributed by atoms with van der Waals surface area (Å²) in [5, 5.41) is 0. The molecule has 0 radical (unpaired) electrons. The standard InChI is InChI=1S/C15H15F2N/c16-13-6-7-14(15(17)10-13)12-5-1-3-11(9-12)4-2-8-18/h1,3,5-7,9-10H,2,4,8,18H2. The first-order chi connectivity index (χ1) is 8.70. The largest absolute Gasteiger partial charge is 0.330 e. The van der Waals surface area contributed by atoms with Gasteiger partial charge in [-0.05, 0) is 42.6 Å². The number of hydrogen-bond donors (Lipinski definition) is 1. The number of benzene rings is 2. The molecule has 0 aliphatic rings. The Morgan fingerprint density at radius 3 is 2.56 bits per heavy atom. The molecular weight excluding hydrogens is 232 g/mol. The molecule has 0 atom stereocenters. The van der Waals surface area contributed by atoms with Crippen LogP contribution in [0.1, 0.15) is 12.0 Å². The quantitative estimate of drug-likeness (QED) is 0.878.